The van der Waals surface area contributed by atoms with Crippen LogP contribution in [0, 0.1) is 5.82 Å². The molecule has 2 aromatic rings. The third kappa shape index (κ3) is 5.27. The van der Waals surface area contributed by atoms with Crippen LogP contribution in [0.3, 0.4) is 0 Å². The molecule has 1 atom stereocenters. The Labute approximate surface area is 154 Å². The third-order valence-corrected chi connectivity index (χ3v) is 4.62. The number of morpholine rings is 1. The second kappa shape index (κ2) is 9.67. The van der Waals surface area contributed by atoms with Gasteiger partial charge in [-0.25, -0.2) is 4.39 Å². The molecule has 0 aromatic heterocycles. The number of rotatable bonds is 8. The first kappa shape index (κ1) is 18.8. The van der Waals surface area contributed by atoms with Gasteiger partial charge in [-0.15, -0.1) is 0 Å². The number of hydrogen-bond acceptors (Lipinski definition) is 4. The van der Waals surface area contributed by atoms with Gasteiger partial charge in [0.25, 0.3) is 0 Å². The summed E-state index contributed by atoms with van der Waals surface area (Å²) in [5, 5.41) is 3.52. The van der Waals surface area contributed by atoms with E-state index >= 15 is 0 Å². The molecule has 4 nitrogen and oxygen atoms in total. The molecule has 26 heavy (non-hydrogen) atoms. The average molecular weight is 358 g/mol. The monoisotopic (exact) mass is 358 g/mol. The van der Waals surface area contributed by atoms with Gasteiger partial charge in [-0.2, -0.15) is 0 Å². The van der Waals surface area contributed by atoms with Crippen LogP contribution in [0.5, 0.6) is 5.75 Å². The maximum atomic E-state index is 13.7. The van der Waals surface area contributed by atoms with Crippen molar-refractivity contribution in [3.8, 4) is 5.75 Å². The van der Waals surface area contributed by atoms with Crippen LogP contribution < -0.4 is 10.1 Å². The van der Waals surface area contributed by atoms with Gasteiger partial charge in [0, 0.05) is 32.2 Å². The lowest BCUT2D eigenvalue weighted by Crippen LogP contribution is -2.42. The number of hydrogen-bond donors (Lipinski definition) is 1. The second-order valence-corrected chi connectivity index (χ2v) is 6.43. The Bertz CT molecular complexity index is 672. The van der Waals surface area contributed by atoms with Gasteiger partial charge in [-0.05, 0) is 42.3 Å². The minimum Gasteiger partial charge on any atom is -0.494 e. The predicted molar refractivity (Wildman–Crippen MR) is 101 cm³/mol. The van der Waals surface area contributed by atoms with Crippen LogP contribution in [0.1, 0.15) is 24.1 Å². The Morgan fingerprint density at radius 1 is 1.15 bits per heavy atom. The lowest BCUT2D eigenvalue weighted by atomic mass is 10.0. The Kier molecular flexibility index (Phi) is 7.00. The Morgan fingerprint density at radius 3 is 2.62 bits per heavy atom. The molecule has 0 amide bonds. The summed E-state index contributed by atoms with van der Waals surface area (Å²) in [5.74, 6) is 0.703. The zero-order chi connectivity index (χ0) is 18.2. The summed E-state index contributed by atoms with van der Waals surface area (Å²) in [6.07, 6.45) is 0. The fourth-order valence-electron chi connectivity index (χ4n) is 3.28. The lowest BCUT2D eigenvalue weighted by molar-refractivity contribution is 0.0160. The molecule has 0 aliphatic carbocycles. The van der Waals surface area contributed by atoms with Crippen LogP contribution in [0.4, 0.5) is 4.39 Å². The predicted octanol–water partition coefficient (Wildman–Crippen LogP) is 3.39. The highest BCUT2D eigenvalue weighted by atomic mass is 19.1. The molecule has 0 radical (unpaired) electrons. The highest BCUT2D eigenvalue weighted by Gasteiger charge is 2.22. The summed E-state index contributed by atoms with van der Waals surface area (Å²) in [5.41, 5.74) is 2.21. The molecule has 1 heterocycles. The van der Waals surface area contributed by atoms with Gasteiger partial charge < -0.3 is 14.8 Å². The van der Waals surface area contributed by atoms with E-state index in [-0.39, 0.29) is 11.9 Å². The second-order valence-electron chi connectivity index (χ2n) is 6.43. The topological polar surface area (TPSA) is 33.7 Å². The molecule has 0 spiro atoms. The smallest absolute Gasteiger partial charge is 0.123 e. The molecule has 1 saturated heterocycles. The molecular formula is C21H27FN2O2. The minimum atomic E-state index is -0.188. The van der Waals surface area contributed by atoms with Crippen LogP contribution in [0.25, 0.3) is 0 Å². The first-order chi connectivity index (χ1) is 12.8. The van der Waals surface area contributed by atoms with Crippen molar-refractivity contribution in [2.75, 3.05) is 39.5 Å². The van der Waals surface area contributed by atoms with Crippen LogP contribution in [-0.2, 0) is 11.3 Å². The SMILES string of the molecule is CCOc1ccc(CNCC(c2cccc(F)c2)N2CCOCC2)cc1. The van der Waals surface area contributed by atoms with Crippen LogP contribution in [0.2, 0.25) is 0 Å². The van der Waals surface area contributed by atoms with Gasteiger partial charge in [0.1, 0.15) is 11.6 Å². The normalized spacial score (nSPS) is 16.4. The maximum absolute atomic E-state index is 13.7. The standard InChI is InChI=1S/C21H27FN2O2/c1-2-26-20-8-6-17(7-9-20)15-23-16-21(24-10-12-25-13-11-24)18-4-3-5-19(22)14-18/h3-9,14,21,23H,2,10-13,15-16H2,1H3. The first-order valence-corrected chi connectivity index (χ1v) is 9.26. The molecule has 1 fully saturated rings. The zero-order valence-electron chi connectivity index (χ0n) is 15.3. The van der Waals surface area contributed by atoms with Crippen molar-refractivity contribution < 1.29 is 13.9 Å². The summed E-state index contributed by atoms with van der Waals surface area (Å²) in [4.78, 5) is 2.36. The highest BCUT2D eigenvalue weighted by molar-refractivity contribution is 5.27. The molecule has 0 bridgehead atoms. The first-order valence-electron chi connectivity index (χ1n) is 9.26. The van der Waals surface area contributed by atoms with Crippen LogP contribution in [0.15, 0.2) is 48.5 Å². The van der Waals surface area contributed by atoms with E-state index < -0.39 is 0 Å². The Balaban J connectivity index is 1.62. The highest BCUT2D eigenvalue weighted by Crippen LogP contribution is 2.22. The summed E-state index contributed by atoms with van der Waals surface area (Å²) in [6.45, 7) is 7.37. The fourth-order valence-corrected chi connectivity index (χ4v) is 3.28. The van der Waals surface area contributed by atoms with E-state index in [0.29, 0.717) is 6.61 Å². The Hall–Kier alpha value is -1.95. The molecule has 1 aliphatic heterocycles. The van der Waals surface area contributed by atoms with E-state index in [1.807, 2.05) is 25.1 Å². The maximum Gasteiger partial charge on any atom is 0.123 e. The van der Waals surface area contributed by atoms with E-state index in [0.717, 1.165) is 50.7 Å². The molecule has 2 aromatic carbocycles. The third-order valence-electron chi connectivity index (χ3n) is 4.62. The van der Waals surface area contributed by atoms with E-state index in [4.69, 9.17) is 9.47 Å². The van der Waals surface area contributed by atoms with Gasteiger partial charge in [0.05, 0.1) is 19.8 Å². The summed E-state index contributed by atoms with van der Waals surface area (Å²) < 4.78 is 24.7. The molecule has 140 valence electrons. The quantitative estimate of drug-likeness (QED) is 0.784. The number of ether oxygens (including phenoxy) is 2. The molecule has 1 unspecified atom stereocenters. The largest absolute Gasteiger partial charge is 0.494 e. The number of nitrogens with one attached hydrogen (secondary N) is 1. The van der Waals surface area contributed by atoms with Gasteiger partial charge in [-0.3, -0.25) is 4.90 Å². The number of halogens is 1. The van der Waals surface area contributed by atoms with Crippen LogP contribution >= 0.6 is 0 Å². The molecule has 1 N–H and O–H groups in total. The lowest BCUT2D eigenvalue weighted by Gasteiger charge is -2.35. The van der Waals surface area contributed by atoms with Gasteiger partial charge >= 0.3 is 0 Å². The molecule has 3 rings (SSSR count). The van der Waals surface area contributed by atoms with Crippen molar-refractivity contribution in [3.05, 3.63) is 65.5 Å². The summed E-state index contributed by atoms with van der Waals surface area (Å²) >= 11 is 0. The van der Waals surface area contributed by atoms with E-state index in [1.165, 1.54) is 11.6 Å². The van der Waals surface area contributed by atoms with Gasteiger partial charge in [0.15, 0.2) is 0 Å². The van der Waals surface area contributed by atoms with E-state index in [9.17, 15) is 4.39 Å². The van der Waals surface area contributed by atoms with Crippen molar-refractivity contribution in [1.29, 1.82) is 0 Å². The van der Waals surface area contributed by atoms with Crippen molar-refractivity contribution in [2.24, 2.45) is 0 Å². The number of nitrogens with zero attached hydrogens (tertiary/aromatic N) is 1. The Morgan fingerprint density at radius 2 is 1.92 bits per heavy atom. The molecule has 1 aliphatic rings. The molecule has 5 heteroatoms. The molecular weight excluding hydrogens is 331 g/mol. The zero-order valence-corrected chi connectivity index (χ0v) is 15.3. The van der Waals surface area contributed by atoms with Crippen molar-refractivity contribution in [1.82, 2.24) is 10.2 Å². The van der Waals surface area contributed by atoms with E-state index in [2.05, 4.69) is 22.3 Å². The average Bonchev–Trinajstić information content (AvgIpc) is 2.67. The minimum absolute atomic E-state index is 0.136. The van der Waals surface area contributed by atoms with Crippen molar-refractivity contribution >= 4 is 0 Å². The van der Waals surface area contributed by atoms with Gasteiger partial charge in [0.2, 0.25) is 0 Å². The number of benzene rings is 2. The fraction of sp³-hybridized carbons (Fsp3) is 0.429. The van der Waals surface area contributed by atoms with E-state index in [1.54, 1.807) is 12.1 Å². The molecule has 0 saturated carbocycles. The van der Waals surface area contributed by atoms with Gasteiger partial charge in [-0.1, -0.05) is 24.3 Å². The van der Waals surface area contributed by atoms with Crippen molar-refractivity contribution in [2.45, 2.75) is 19.5 Å². The van der Waals surface area contributed by atoms with Crippen LogP contribution in [-0.4, -0.2) is 44.4 Å². The summed E-state index contributed by atoms with van der Waals surface area (Å²) in [7, 11) is 0. The van der Waals surface area contributed by atoms with Crippen molar-refractivity contribution in [3.63, 3.8) is 0 Å². The summed E-state index contributed by atoms with van der Waals surface area (Å²) in [6, 6.07) is 15.2.